The number of carbonyl (C=O) groups excluding carboxylic acids is 2. The van der Waals surface area contributed by atoms with Crippen LogP contribution in [0, 0.1) is 5.92 Å². The molecule has 34 heavy (non-hydrogen) atoms. The molecule has 4 heterocycles. The molecule has 0 radical (unpaired) electrons. The monoisotopic (exact) mass is 460 g/mol. The van der Waals surface area contributed by atoms with Crippen molar-refractivity contribution in [2.24, 2.45) is 5.92 Å². The molecule has 2 atom stereocenters. The van der Waals surface area contributed by atoms with Crippen LogP contribution in [0.2, 0.25) is 0 Å². The van der Waals surface area contributed by atoms with Gasteiger partial charge in [0.15, 0.2) is 0 Å². The number of amides is 3. The van der Waals surface area contributed by atoms with Gasteiger partial charge >= 0.3 is 6.03 Å². The number of pyridine rings is 1. The number of methoxy groups -OCH3 is 1. The van der Waals surface area contributed by atoms with E-state index in [0.717, 1.165) is 17.9 Å². The van der Waals surface area contributed by atoms with Crippen LogP contribution in [0.5, 0.6) is 5.75 Å². The summed E-state index contributed by atoms with van der Waals surface area (Å²) in [5.74, 6) is 0.436. The van der Waals surface area contributed by atoms with Crippen molar-refractivity contribution in [1.29, 1.82) is 0 Å². The molecular formula is C24H24N6O4. The van der Waals surface area contributed by atoms with Crippen LogP contribution in [-0.2, 0) is 6.54 Å². The van der Waals surface area contributed by atoms with Gasteiger partial charge in [-0.25, -0.2) is 9.78 Å². The Kier molecular flexibility index (Phi) is 5.70. The number of benzene rings is 1. The summed E-state index contributed by atoms with van der Waals surface area (Å²) >= 11 is 0. The molecule has 2 N–H and O–H groups in total. The highest BCUT2D eigenvalue weighted by atomic mass is 16.5. The zero-order valence-corrected chi connectivity index (χ0v) is 18.6. The summed E-state index contributed by atoms with van der Waals surface area (Å²) < 4.78 is 6.88. The van der Waals surface area contributed by atoms with Crippen LogP contribution in [0.15, 0.2) is 59.8 Å². The van der Waals surface area contributed by atoms with Crippen molar-refractivity contribution in [3.63, 3.8) is 0 Å². The van der Waals surface area contributed by atoms with E-state index in [4.69, 9.17) is 4.74 Å². The summed E-state index contributed by atoms with van der Waals surface area (Å²) in [6.07, 6.45) is 5.16. The number of hydrogen-bond acceptors (Lipinski definition) is 6. The zero-order chi connectivity index (χ0) is 23.7. The minimum atomic E-state index is -0.483. The Morgan fingerprint density at radius 3 is 2.59 bits per heavy atom. The molecule has 0 aliphatic carbocycles. The van der Waals surface area contributed by atoms with Crippen LogP contribution in [0.1, 0.15) is 28.5 Å². The highest BCUT2D eigenvalue weighted by molar-refractivity contribution is 6.02. The van der Waals surface area contributed by atoms with Crippen LogP contribution < -0.4 is 20.9 Å². The number of piperidine rings is 1. The van der Waals surface area contributed by atoms with E-state index in [9.17, 15) is 14.4 Å². The van der Waals surface area contributed by atoms with E-state index in [-0.39, 0.29) is 34.8 Å². The van der Waals surface area contributed by atoms with Crippen molar-refractivity contribution in [1.82, 2.24) is 19.4 Å². The third-order valence-electron chi connectivity index (χ3n) is 6.28. The Balaban J connectivity index is 1.31. The van der Waals surface area contributed by atoms with Gasteiger partial charge in [-0.05, 0) is 48.7 Å². The number of rotatable bonds is 4. The van der Waals surface area contributed by atoms with Crippen molar-refractivity contribution in [2.75, 3.05) is 30.8 Å². The van der Waals surface area contributed by atoms with E-state index in [1.165, 1.54) is 18.6 Å². The number of hydrogen-bond donors (Lipinski definition) is 2. The molecule has 174 valence electrons. The molecule has 2 aliphatic heterocycles. The number of nitrogens with one attached hydrogen (secondary N) is 2. The van der Waals surface area contributed by atoms with Gasteiger partial charge in [0, 0.05) is 49.3 Å². The van der Waals surface area contributed by atoms with Gasteiger partial charge in [-0.1, -0.05) is 0 Å². The van der Waals surface area contributed by atoms with E-state index in [2.05, 4.69) is 20.6 Å². The molecule has 10 heteroatoms. The highest BCUT2D eigenvalue weighted by Gasteiger charge is 2.36. The van der Waals surface area contributed by atoms with Gasteiger partial charge in [0.1, 0.15) is 17.1 Å². The average molecular weight is 460 g/mol. The minimum absolute atomic E-state index is 0.0477. The van der Waals surface area contributed by atoms with Crippen LogP contribution in [-0.4, -0.2) is 51.6 Å². The molecular weight excluding hydrogens is 436 g/mol. The smallest absolute Gasteiger partial charge is 0.321 e. The molecule has 5 rings (SSSR count). The maximum atomic E-state index is 13.1. The molecule has 2 bridgehead atoms. The van der Waals surface area contributed by atoms with Crippen molar-refractivity contribution >= 4 is 23.3 Å². The standard InChI is InChI=1S/C24H24N6O4/c1-34-18-4-2-17(3-5-18)27-24(33)29-12-15-10-16(14-29)21-7-6-19(23(32)30(21)13-15)28-22(31)20-11-25-8-9-26-20/h2-9,11,15-16H,10,12-14H2,1H3,(H,27,33)(H,28,31)/t15-,16-/m1/s1. The predicted octanol–water partition coefficient (Wildman–Crippen LogP) is 2.55. The fourth-order valence-electron chi connectivity index (χ4n) is 4.69. The van der Waals surface area contributed by atoms with Gasteiger partial charge in [-0.3, -0.25) is 14.6 Å². The fourth-order valence-corrected chi connectivity index (χ4v) is 4.69. The third kappa shape index (κ3) is 4.21. The minimum Gasteiger partial charge on any atom is -0.497 e. The lowest BCUT2D eigenvalue weighted by atomic mass is 9.83. The topological polar surface area (TPSA) is 118 Å². The Bertz CT molecular complexity index is 1270. The zero-order valence-electron chi connectivity index (χ0n) is 18.6. The first-order valence-corrected chi connectivity index (χ1v) is 11.0. The summed E-state index contributed by atoms with van der Waals surface area (Å²) in [6.45, 7) is 1.57. The molecule has 10 nitrogen and oxygen atoms in total. The van der Waals surface area contributed by atoms with Crippen molar-refractivity contribution < 1.29 is 14.3 Å². The van der Waals surface area contributed by atoms with Crippen molar-refractivity contribution in [3.8, 4) is 5.75 Å². The third-order valence-corrected chi connectivity index (χ3v) is 6.28. The number of nitrogens with zero attached hydrogens (tertiary/aromatic N) is 4. The number of anilines is 2. The Morgan fingerprint density at radius 2 is 1.85 bits per heavy atom. The number of fused-ring (bicyclic) bond motifs is 4. The predicted molar refractivity (Wildman–Crippen MR) is 125 cm³/mol. The molecule has 3 amide bonds. The van der Waals surface area contributed by atoms with Crippen LogP contribution in [0.3, 0.4) is 0 Å². The lowest BCUT2D eigenvalue weighted by Gasteiger charge is -2.42. The quantitative estimate of drug-likeness (QED) is 0.618. The first-order valence-electron chi connectivity index (χ1n) is 11.0. The number of ether oxygens (including phenoxy) is 1. The van der Waals surface area contributed by atoms with Crippen LogP contribution in [0.25, 0.3) is 0 Å². The molecule has 1 fully saturated rings. The van der Waals surface area contributed by atoms with Gasteiger partial charge in [0.05, 0.1) is 13.3 Å². The second-order valence-corrected chi connectivity index (χ2v) is 8.49. The summed E-state index contributed by atoms with van der Waals surface area (Å²) in [5, 5.41) is 5.58. The summed E-state index contributed by atoms with van der Waals surface area (Å²) in [5.41, 5.74) is 1.66. The second kappa shape index (κ2) is 8.97. The van der Waals surface area contributed by atoms with E-state index < -0.39 is 5.91 Å². The van der Waals surface area contributed by atoms with Crippen molar-refractivity contribution in [2.45, 2.75) is 18.9 Å². The van der Waals surface area contributed by atoms with Gasteiger partial charge < -0.3 is 24.8 Å². The molecule has 1 aromatic carbocycles. The number of urea groups is 1. The normalized spacial score (nSPS) is 18.6. The SMILES string of the molecule is COc1ccc(NC(=O)N2C[C@H]3C[C@H](C2)c2ccc(NC(=O)c4cnccn4)c(=O)n2C3)cc1. The first kappa shape index (κ1) is 21.6. The summed E-state index contributed by atoms with van der Waals surface area (Å²) in [6, 6.07) is 10.5. The van der Waals surface area contributed by atoms with E-state index in [0.29, 0.717) is 25.3 Å². The number of aromatic nitrogens is 3. The van der Waals surface area contributed by atoms with Gasteiger partial charge in [-0.2, -0.15) is 0 Å². The van der Waals surface area contributed by atoms with Crippen LogP contribution in [0.4, 0.5) is 16.2 Å². The summed E-state index contributed by atoms with van der Waals surface area (Å²) in [7, 11) is 1.60. The maximum Gasteiger partial charge on any atom is 0.321 e. The molecule has 0 spiro atoms. The van der Waals surface area contributed by atoms with Crippen LogP contribution >= 0.6 is 0 Å². The molecule has 0 unspecified atom stereocenters. The molecule has 2 aliphatic rings. The first-order chi connectivity index (χ1) is 16.5. The van der Waals surface area contributed by atoms with E-state index in [1.807, 2.05) is 6.07 Å². The average Bonchev–Trinajstić information content (AvgIpc) is 2.87. The summed E-state index contributed by atoms with van der Waals surface area (Å²) in [4.78, 5) is 48.1. The Labute approximate surface area is 195 Å². The number of likely N-dealkylation sites (tertiary alicyclic amines) is 1. The lowest BCUT2D eigenvalue weighted by Crippen LogP contribution is -2.50. The number of carbonyl (C=O) groups is 2. The molecule has 2 aromatic heterocycles. The van der Waals surface area contributed by atoms with Gasteiger partial charge in [-0.15, -0.1) is 0 Å². The Hall–Kier alpha value is -4.21. The highest BCUT2D eigenvalue weighted by Crippen LogP contribution is 2.35. The largest absolute Gasteiger partial charge is 0.497 e. The van der Waals surface area contributed by atoms with E-state index >= 15 is 0 Å². The lowest BCUT2D eigenvalue weighted by molar-refractivity contribution is 0.102. The second-order valence-electron chi connectivity index (χ2n) is 8.49. The molecule has 3 aromatic rings. The fraction of sp³-hybridized carbons (Fsp3) is 0.292. The molecule has 1 saturated heterocycles. The van der Waals surface area contributed by atoms with Gasteiger partial charge in [0.25, 0.3) is 11.5 Å². The van der Waals surface area contributed by atoms with E-state index in [1.54, 1.807) is 46.9 Å². The van der Waals surface area contributed by atoms with Crippen molar-refractivity contribution in [3.05, 3.63) is 76.7 Å². The maximum absolute atomic E-state index is 13.1. The Morgan fingerprint density at radius 1 is 1.03 bits per heavy atom. The van der Waals surface area contributed by atoms with Gasteiger partial charge in [0.2, 0.25) is 0 Å². The molecule has 0 saturated carbocycles.